The normalized spacial score (nSPS) is 10.1. The Morgan fingerprint density at radius 3 is 2.44 bits per heavy atom. The van der Waals surface area contributed by atoms with Crippen LogP contribution in [0.15, 0.2) is 42.5 Å². The fourth-order valence-electron chi connectivity index (χ4n) is 1.41. The van der Waals surface area contributed by atoms with E-state index in [2.05, 4.69) is 27.9 Å². The maximum Gasteiger partial charge on any atom is 0.255 e. The van der Waals surface area contributed by atoms with E-state index in [4.69, 9.17) is 17.3 Å². The summed E-state index contributed by atoms with van der Waals surface area (Å²) in [6.45, 7) is 0. The van der Waals surface area contributed by atoms with E-state index in [1.165, 1.54) is 0 Å². The minimum Gasteiger partial charge on any atom is -0.399 e. The van der Waals surface area contributed by atoms with Crippen LogP contribution < -0.4 is 11.1 Å². The Morgan fingerprint density at radius 2 is 1.83 bits per heavy atom. The van der Waals surface area contributed by atoms with Crippen molar-refractivity contribution in [2.45, 2.75) is 0 Å². The number of carbonyl (C=O) groups is 1. The first-order valence-electron chi connectivity index (χ1n) is 5.18. The van der Waals surface area contributed by atoms with Crippen molar-refractivity contribution in [2.24, 2.45) is 0 Å². The van der Waals surface area contributed by atoms with Gasteiger partial charge in [0.25, 0.3) is 5.91 Å². The molecule has 5 heteroatoms. The van der Waals surface area contributed by atoms with Crippen molar-refractivity contribution >= 4 is 51.5 Å². The predicted molar refractivity (Wildman–Crippen MR) is 83.0 cm³/mol. The molecule has 3 N–H and O–H groups in total. The third kappa shape index (κ3) is 3.14. The number of nitrogens with one attached hydrogen (secondary N) is 1. The molecule has 0 unspecified atom stereocenters. The first-order valence-corrected chi connectivity index (χ1v) is 6.64. The molecular formula is C13H10ClIN2O. The molecule has 2 rings (SSSR count). The lowest BCUT2D eigenvalue weighted by Gasteiger charge is -2.06. The van der Waals surface area contributed by atoms with Crippen LogP contribution >= 0.6 is 34.2 Å². The van der Waals surface area contributed by atoms with Crippen LogP contribution in [0.25, 0.3) is 0 Å². The molecular weight excluding hydrogens is 363 g/mol. The van der Waals surface area contributed by atoms with Crippen LogP contribution in [-0.4, -0.2) is 5.91 Å². The molecule has 0 fully saturated rings. The summed E-state index contributed by atoms with van der Waals surface area (Å²) in [7, 11) is 0. The van der Waals surface area contributed by atoms with Gasteiger partial charge in [-0.3, -0.25) is 4.79 Å². The van der Waals surface area contributed by atoms with Crippen LogP contribution in [0.5, 0.6) is 0 Å². The molecule has 0 heterocycles. The van der Waals surface area contributed by atoms with Crippen LogP contribution in [0.1, 0.15) is 10.4 Å². The van der Waals surface area contributed by atoms with E-state index in [1.54, 1.807) is 42.5 Å². The zero-order chi connectivity index (χ0) is 13.1. The SMILES string of the molecule is Nc1ccc(NC(=O)c2ccc(I)c(Cl)c2)cc1. The summed E-state index contributed by atoms with van der Waals surface area (Å²) in [5.74, 6) is -0.196. The molecule has 3 nitrogen and oxygen atoms in total. The Hall–Kier alpha value is -1.27. The van der Waals surface area contributed by atoms with Gasteiger partial charge in [0, 0.05) is 20.5 Å². The first kappa shape index (κ1) is 13.2. The van der Waals surface area contributed by atoms with Gasteiger partial charge in [-0.2, -0.15) is 0 Å². The molecule has 0 saturated carbocycles. The number of amides is 1. The summed E-state index contributed by atoms with van der Waals surface area (Å²) in [5, 5.41) is 3.35. The number of rotatable bonds is 2. The fraction of sp³-hybridized carbons (Fsp3) is 0. The summed E-state index contributed by atoms with van der Waals surface area (Å²) in [6.07, 6.45) is 0. The van der Waals surface area contributed by atoms with Gasteiger partial charge in [0.1, 0.15) is 0 Å². The number of hydrogen-bond donors (Lipinski definition) is 2. The quantitative estimate of drug-likeness (QED) is 0.623. The maximum absolute atomic E-state index is 12.0. The molecule has 0 spiro atoms. The van der Waals surface area contributed by atoms with Gasteiger partial charge >= 0.3 is 0 Å². The van der Waals surface area contributed by atoms with Gasteiger partial charge in [0.05, 0.1) is 5.02 Å². The molecule has 0 aliphatic carbocycles. The number of carbonyl (C=O) groups excluding carboxylic acids is 1. The fourth-order valence-corrected chi connectivity index (χ4v) is 1.92. The minimum atomic E-state index is -0.196. The second-order valence-corrected chi connectivity index (χ2v) is 5.27. The van der Waals surface area contributed by atoms with E-state index in [0.717, 1.165) is 3.57 Å². The van der Waals surface area contributed by atoms with Crippen molar-refractivity contribution in [3.05, 3.63) is 56.6 Å². The lowest BCUT2D eigenvalue weighted by molar-refractivity contribution is 0.102. The van der Waals surface area contributed by atoms with Crippen molar-refractivity contribution in [1.82, 2.24) is 0 Å². The summed E-state index contributed by atoms with van der Waals surface area (Å²) < 4.78 is 0.915. The topological polar surface area (TPSA) is 55.1 Å². The molecule has 0 aliphatic rings. The van der Waals surface area contributed by atoms with Crippen molar-refractivity contribution in [2.75, 3.05) is 11.1 Å². The molecule has 2 aromatic carbocycles. The largest absolute Gasteiger partial charge is 0.399 e. The second-order valence-electron chi connectivity index (χ2n) is 3.71. The van der Waals surface area contributed by atoms with Gasteiger partial charge in [-0.15, -0.1) is 0 Å². The van der Waals surface area contributed by atoms with Gasteiger partial charge in [0.15, 0.2) is 0 Å². The van der Waals surface area contributed by atoms with E-state index in [-0.39, 0.29) is 5.91 Å². The molecule has 2 aromatic rings. The molecule has 0 radical (unpaired) electrons. The van der Waals surface area contributed by atoms with Crippen molar-refractivity contribution in [1.29, 1.82) is 0 Å². The van der Waals surface area contributed by atoms with Crippen molar-refractivity contribution < 1.29 is 4.79 Å². The summed E-state index contributed by atoms with van der Waals surface area (Å²) >= 11 is 8.09. The highest BCUT2D eigenvalue weighted by Crippen LogP contribution is 2.20. The summed E-state index contributed by atoms with van der Waals surface area (Å²) in [6, 6.07) is 12.2. The lowest BCUT2D eigenvalue weighted by Crippen LogP contribution is -2.11. The summed E-state index contributed by atoms with van der Waals surface area (Å²) in [4.78, 5) is 12.0. The lowest BCUT2D eigenvalue weighted by atomic mass is 10.2. The molecule has 1 amide bonds. The standard InChI is InChI=1S/C13H10ClIN2O/c14-11-7-8(1-6-12(11)15)13(18)17-10-4-2-9(16)3-5-10/h1-7H,16H2,(H,17,18). The number of hydrogen-bond acceptors (Lipinski definition) is 2. The smallest absolute Gasteiger partial charge is 0.255 e. The highest BCUT2D eigenvalue weighted by atomic mass is 127. The highest BCUT2D eigenvalue weighted by molar-refractivity contribution is 14.1. The van der Waals surface area contributed by atoms with Gasteiger partial charge in [-0.1, -0.05) is 11.6 Å². The van der Waals surface area contributed by atoms with E-state index in [0.29, 0.717) is 22.0 Å². The van der Waals surface area contributed by atoms with E-state index < -0.39 is 0 Å². The molecule has 18 heavy (non-hydrogen) atoms. The number of benzene rings is 2. The van der Waals surface area contributed by atoms with Crippen LogP contribution in [0, 0.1) is 3.57 Å². The predicted octanol–water partition coefficient (Wildman–Crippen LogP) is 3.78. The Labute approximate surface area is 123 Å². The number of nitrogen functional groups attached to an aromatic ring is 1. The van der Waals surface area contributed by atoms with Gasteiger partial charge in [-0.25, -0.2) is 0 Å². The number of halogens is 2. The third-order valence-electron chi connectivity index (χ3n) is 2.35. The van der Waals surface area contributed by atoms with E-state index in [9.17, 15) is 4.79 Å². The number of nitrogens with two attached hydrogens (primary N) is 1. The molecule has 0 aromatic heterocycles. The molecule has 0 saturated heterocycles. The van der Waals surface area contributed by atoms with Crippen molar-refractivity contribution in [3.8, 4) is 0 Å². The van der Waals surface area contributed by atoms with E-state index in [1.807, 2.05) is 0 Å². The zero-order valence-corrected chi connectivity index (χ0v) is 12.2. The zero-order valence-electron chi connectivity index (χ0n) is 9.28. The Morgan fingerprint density at radius 1 is 1.17 bits per heavy atom. The summed E-state index contributed by atoms with van der Waals surface area (Å²) in [5.41, 5.74) is 7.46. The highest BCUT2D eigenvalue weighted by Gasteiger charge is 2.08. The van der Waals surface area contributed by atoms with Crippen LogP contribution in [0.2, 0.25) is 5.02 Å². The van der Waals surface area contributed by atoms with Crippen LogP contribution in [0.3, 0.4) is 0 Å². The molecule has 0 aliphatic heterocycles. The third-order valence-corrected chi connectivity index (χ3v) is 3.92. The van der Waals surface area contributed by atoms with Crippen molar-refractivity contribution in [3.63, 3.8) is 0 Å². The molecule has 0 bridgehead atoms. The second kappa shape index (κ2) is 5.58. The van der Waals surface area contributed by atoms with Crippen LogP contribution in [-0.2, 0) is 0 Å². The molecule has 92 valence electrons. The number of anilines is 2. The average molecular weight is 373 g/mol. The van der Waals surface area contributed by atoms with E-state index >= 15 is 0 Å². The monoisotopic (exact) mass is 372 g/mol. The van der Waals surface area contributed by atoms with Crippen LogP contribution in [0.4, 0.5) is 11.4 Å². The average Bonchev–Trinajstić information content (AvgIpc) is 2.35. The van der Waals surface area contributed by atoms with Gasteiger partial charge in [-0.05, 0) is 65.1 Å². The Bertz CT molecular complexity index is 584. The van der Waals surface area contributed by atoms with Gasteiger partial charge in [0.2, 0.25) is 0 Å². The Kier molecular flexibility index (Phi) is 4.08. The Balaban J connectivity index is 2.16. The maximum atomic E-state index is 12.0. The van der Waals surface area contributed by atoms with Gasteiger partial charge < -0.3 is 11.1 Å². The first-order chi connectivity index (χ1) is 8.56. The minimum absolute atomic E-state index is 0.196. The molecule has 0 atom stereocenters.